The highest BCUT2D eigenvalue weighted by Crippen LogP contribution is 1.93. The van der Waals surface area contributed by atoms with Crippen LogP contribution in [-0.4, -0.2) is 25.1 Å². The van der Waals surface area contributed by atoms with Gasteiger partial charge in [0.1, 0.15) is 7.11 Å². The topological polar surface area (TPSA) is 12.2 Å². The summed E-state index contributed by atoms with van der Waals surface area (Å²) in [5.74, 6) is 0. The second-order valence-electron chi connectivity index (χ2n) is 2.27. The molecule has 1 aromatic carbocycles. The number of hydrogen-bond donors (Lipinski definition) is 0. The molecular weight excluding hydrogens is 138 g/mol. The van der Waals surface area contributed by atoms with Crippen LogP contribution in [0, 0.1) is 0 Å². The van der Waals surface area contributed by atoms with Crippen molar-refractivity contribution in [3.8, 4) is 0 Å². The molecule has 0 aromatic heterocycles. The maximum absolute atomic E-state index is 4.93. The predicted molar refractivity (Wildman–Crippen MR) is 44.8 cm³/mol. The van der Waals surface area contributed by atoms with E-state index in [9.17, 15) is 0 Å². The number of hydrogen-bond acceptors (Lipinski definition) is 1. The van der Waals surface area contributed by atoms with Crippen LogP contribution in [0.3, 0.4) is 0 Å². The standard InChI is InChI=1S/C9H12NO/c1-10(11-2)8-9-6-4-3-5-7-9/h3-8H,1-2H3/q+1/b10-8-. The monoisotopic (exact) mass is 150 g/mol. The van der Waals surface area contributed by atoms with Gasteiger partial charge in [-0.2, -0.15) is 0 Å². The van der Waals surface area contributed by atoms with Crippen LogP contribution in [-0.2, 0) is 4.84 Å². The summed E-state index contributed by atoms with van der Waals surface area (Å²) in [5.41, 5.74) is 1.14. The van der Waals surface area contributed by atoms with E-state index >= 15 is 0 Å². The molecule has 0 unspecified atom stereocenters. The molecule has 0 aliphatic heterocycles. The fourth-order valence-electron chi connectivity index (χ4n) is 0.802. The smallest absolute Gasteiger partial charge is 0.222 e. The molecule has 0 bridgehead atoms. The molecule has 0 spiro atoms. The molecule has 1 aromatic rings. The molecule has 0 amide bonds. The van der Waals surface area contributed by atoms with E-state index in [1.165, 1.54) is 0 Å². The Morgan fingerprint density at radius 2 is 1.91 bits per heavy atom. The Morgan fingerprint density at radius 3 is 2.45 bits per heavy atom. The van der Waals surface area contributed by atoms with Gasteiger partial charge in [0.05, 0.1) is 0 Å². The van der Waals surface area contributed by atoms with Crippen LogP contribution < -0.4 is 0 Å². The molecule has 0 saturated heterocycles. The largest absolute Gasteiger partial charge is 0.281 e. The van der Waals surface area contributed by atoms with Crippen molar-refractivity contribution in [3.05, 3.63) is 35.9 Å². The first-order chi connectivity index (χ1) is 5.33. The van der Waals surface area contributed by atoms with Gasteiger partial charge < -0.3 is 0 Å². The van der Waals surface area contributed by atoms with E-state index in [1.54, 1.807) is 11.8 Å². The van der Waals surface area contributed by atoms with E-state index in [-0.39, 0.29) is 0 Å². The highest BCUT2D eigenvalue weighted by molar-refractivity contribution is 5.74. The van der Waals surface area contributed by atoms with Crippen molar-refractivity contribution in [2.45, 2.75) is 0 Å². The average molecular weight is 150 g/mol. The highest BCUT2D eigenvalue weighted by atomic mass is 16.6. The van der Waals surface area contributed by atoms with Gasteiger partial charge >= 0.3 is 0 Å². The SMILES string of the molecule is CO/[N+](C)=C\c1ccccc1. The first-order valence-corrected chi connectivity index (χ1v) is 3.50. The minimum atomic E-state index is 1.14. The summed E-state index contributed by atoms with van der Waals surface area (Å²) in [4.78, 5) is 4.93. The Bertz CT molecular complexity index is 241. The lowest BCUT2D eigenvalue weighted by molar-refractivity contribution is -0.757. The van der Waals surface area contributed by atoms with Gasteiger partial charge in [0.25, 0.3) is 0 Å². The number of hydroxylamine groups is 1. The quantitative estimate of drug-likeness (QED) is 0.352. The lowest BCUT2D eigenvalue weighted by Gasteiger charge is -1.90. The van der Waals surface area contributed by atoms with Gasteiger partial charge in [0.2, 0.25) is 6.21 Å². The Labute approximate surface area is 66.7 Å². The maximum Gasteiger partial charge on any atom is 0.222 e. The van der Waals surface area contributed by atoms with E-state index in [0.29, 0.717) is 0 Å². The van der Waals surface area contributed by atoms with Crippen molar-refractivity contribution in [1.29, 1.82) is 0 Å². The summed E-state index contributed by atoms with van der Waals surface area (Å²) < 4.78 is 1.66. The molecule has 0 radical (unpaired) electrons. The van der Waals surface area contributed by atoms with E-state index in [0.717, 1.165) is 5.56 Å². The van der Waals surface area contributed by atoms with Crippen molar-refractivity contribution in [2.75, 3.05) is 14.2 Å². The summed E-state index contributed by atoms with van der Waals surface area (Å²) in [6, 6.07) is 10.0. The summed E-state index contributed by atoms with van der Waals surface area (Å²) in [6.45, 7) is 0. The number of rotatable bonds is 2. The summed E-state index contributed by atoms with van der Waals surface area (Å²) >= 11 is 0. The first kappa shape index (κ1) is 7.79. The Balaban J connectivity index is 2.79. The van der Waals surface area contributed by atoms with Crippen LogP contribution >= 0.6 is 0 Å². The zero-order valence-corrected chi connectivity index (χ0v) is 6.82. The predicted octanol–water partition coefficient (Wildman–Crippen LogP) is 1.31. The van der Waals surface area contributed by atoms with Crippen molar-refractivity contribution in [3.63, 3.8) is 0 Å². The van der Waals surface area contributed by atoms with Crippen LogP contribution in [0.4, 0.5) is 0 Å². The number of nitrogens with zero attached hydrogens (tertiary/aromatic N) is 1. The Morgan fingerprint density at radius 1 is 1.27 bits per heavy atom. The molecule has 0 atom stereocenters. The van der Waals surface area contributed by atoms with Crippen LogP contribution in [0.2, 0.25) is 0 Å². The highest BCUT2D eigenvalue weighted by Gasteiger charge is 1.93. The molecule has 58 valence electrons. The fraction of sp³-hybridized carbons (Fsp3) is 0.222. The van der Waals surface area contributed by atoms with Gasteiger partial charge in [-0.25, -0.2) is 0 Å². The second kappa shape index (κ2) is 3.76. The van der Waals surface area contributed by atoms with Crippen LogP contribution in [0.1, 0.15) is 5.56 Å². The zero-order chi connectivity index (χ0) is 8.10. The zero-order valence-electron chi connectivity index (χ0n) is 6.82. The van der Waals surface area contributed by atoms with Gasteiger partial charge in [-0.3, -0.25) is 4.84 Å². The summed E-state index contributed by atoms with van der Waals surface area (Å²) in [6.07, 6.45) is 1.92. The fourth-order valence-corrected chi connectivity index (χ4v) is 0.802. The van der Waals surface area contributed by atoms with E-state index in [1.807, 2.05) is 43.6 Å². The third-order valence-corrected chi connectivity index (χ3v) is 1.42. The molecule has 1 rings (SSSR count). The normalized spacial score (nSPS) is 11.3. The minimum absolute atomic E-state index is 1.14. The maximum atomic E-state index is 4.93. The Hall–Kier alpha value is -1.31. The van der Waals surface area contributed by atoms with Crippen molar-refractivity contribution >= 4 is 6.21 Å². The van der Waals surface area contributed by atoms with Gasteiger partial charge in [-0.05, 0) is 16.9 Å². The van der Waals surface area contributed by atoms with Gasteiger partial charge in [-0.15, -0.1) is 0 Å². The molecule has 2 nitrogen and oxygen atoms in total. The van der Waals surface area contributed by atoms with Crippen molar-refractivity contribution in [2.24, 2.45) is 0 Å². The van der Waals surface area contributed by atoms with Gasteiger partial charge in [0.15, 0.2) is 7.05 Å². The number of benzene rings is 1. The van der Waals surface area contributed by atoms with Crippen LogP contribution in [0.15, 0.2) is 30.3 Å². The molecule has 11 heavy (non-hydrogen) atoms. The molecule has 0 N–H and O–H groups in total. The summed E-state index contributed by atoms with van der Waals surface area (Å²) in [5, 5.41) is 0. The Kier molecular flexibility index (Phi) is 2.66. The second-order valence-corrected chi connectivity index (χ2v) is 2.27. The molecular formula is C9H12NO+. The third-order valence-electron chi connectivity index (χ3n) is 1.42. The lowest BCUT2D eigenvalue weighted by atomic mass is 10.2. The van der Waals surface area contributed by atoms with E-state index in [4.69, 9.17) is 4.84 Å². The molecule has 0 aliphatic rings. The minimum Gasteiger partial charge on any atom is -0.281 e. The third kappa shape index (κ3) is 2.42. The van der Waals surface area contributed by atoms with Crippen LogP contribution in [0.25, 0.3) is 0 Å². The first-order valence-electron chi connectivity index (χ1n) is 3.50. The molecule has 0 saturated carbocycles. The summed E-state index contributed by atoms with van der Waals surface area (Å²) in [7, 11) is 3.49. The van der Waals surface area contributed by atoms with E-state index < -0.39 is 0 Å². The lowest BCUT2D eigenvalue weighted by Crippen LogP contribution is -2.04. The van der Waals surface area contributed by atoms with E-state index in [2.05, 4.69) is 0 Å². The molecule has 0 fully saturated rings. The van der Waals surface area contributed by atoms with Crippen LogP contribution in [0.5, 0.6) is 0 Å². The van der Waals surface area contributed by atoms with Crippen molar-refractivity contribution in [1.82, 2.24) is 0 Å². The van der Waals surface area contributed by atoms with Crippen molar-refractivity contribution < 1.29 is 9.58 Å². The average Bonchev–Trinajstić information content (AvgIpc) is 2.06. The molecule has 0 aliphatic carbocycles. The van der Waals surface area contributed by atoms with Gasteiger partial charge in [0, 0.05) is 5.56 Å². The molecule has 2 heteroatoms. The molecule has 0 heterocycles. The van der Waals surface area contributed by atoms with Gasteiger partial charge in [-0.1, -0.05) is 18.2 Å².